The summed E-state index contributed by atoms with van der Waals surface area (Å²) in [7, 11) is 0. The van der Waals surface area contributed by atoms with Crippen LogP contribution in [0.1, 0.15) is 11.1 Å². The molecule has 0 aliphatic carbocycles. The second-order valence-electron chi connectivity index (χ2n) is 4.81. The number of rotatable bonds is 4. The van der Waals surface area contributed by atoms with Crippen molar-refractivity contribution in [2.75, 3.05) is 0 Å². The number of carbonyl (C=O) groups is 2. The van der Waals surface area contributed by atoms with Gasteiger partial charge in [-0.1, -0.05) is 29.8 Å². The van der Waals surface area contributed by atoms with Crippen molar-refractivity contribution in [2.45, 2.75) is 6.42 Å². The Morgan fingerprint density at radius 2 is 1.75 bits per heavy atom. The van der Waals surface area contributed by atoms with Crippen LogP contribution in [0.5, 0.6) is 0 Å². The third kappa shape index (κ3) is 5.17. The zero-order chi connectivity index (χ0) is 17.5. The monoisotopic (exact) mass is 350 g/mol. The van der Waals surface area contributed by atoms with Crippen LogP contribution in [0.25, 0.3) is 6.08 Å². The molecule has 2 amide bonds. The minimum absolute atomic E-state index is 0.0244. The molecule has 2 N–H and O–H groups in total. The van der Waals surface area contributed by atoms with Gasteiger partial charge in [0.25, 0.3) is 5.91 Å². The molecule has 0 unspecified atom stereocenters. The van der Waals surface area contributed by atoms with Crippen LogP contribution >= 0.6 is 11.6 Å². The summed E-state index contributed by atoms with van der Waals surface area (Å²) in [6, 6.07) is 9.57. The van der Waals surface area contributed by atoms with E-state index in [4.69, 9.17) is 11.6 Å². The van der Waals surface area contributed by atoms with E-state index < -0.39 is 23.4 Å². The molecule has 2 aromatic rings. The van der Waals surface area contributed by atoms with Gasteiger partial charge in [0, 0.05) is 11.6 Å². The molecule has 4 nitrogen and oxygen atoms in total. The lowest BCUT2D eigenvalue weighted by atomic mass is 10.1. The number of amides is 2. The molecule has 2 aromatic carbocycles. The maximum Gasteiger partial charge on any atom is 0.262 e. The Morgan fingerprint density at radius 3 is 2.42 bits per heavy atom. The van der Waals surface area contributed by atoms with Gasteiger partial charge in [0.05, 0.1) is 11.4 Å². The Kier molecular flexibility index (Phi) is 6.03. The number of carbonyl (C=O) groups excluding carboxylic acids is 2. The van der Waals surface area contributed by atoms with Crippen molar-refractivity contribution in [3.05, 3.63) is 76.3 Å². The van der Waals surface area contributed by atoms with Crippen LogP contribution in [0, 0.1) is 11.6 Å². The van der Waals surface area contributed by atoms with Gasteiger partial charge in [-0.2, -0.15) is 0 Å². The molecule has 0 fully saturated rings. The van der Waals surface area contributed by atoms with E-state index in [-0.39, 0.29) is 17.0 Å². The normalized spacial score (nSPS) is 10.6. The maximum atomic E-state index is 13.5. The molecule has 24 heavy (non-hydrogen) atoms. The van der Waals surface area contributed by atoms with Gasteiger partial charge in [-0.3, -0.25) is 20.4 Å². The minimum Gasteiger partial charge on any atom is -0.273 e. The van der Waals surface area contributed by atoms with Crippen molar-refractivity contribution in [1.29, 1.82) is 0 Å². The summed E-state index contributed by atoms with van der Waals surface area (Å²) in [6.45, 7) is 0. The molecule has 0 saturated carbocycles. The van der Waals surface area contributed by atoms with Gasteiger partial charge in [0.1, 0.15) is 11.6 Å². The van der Waals surface area contributed by atoms with Gasteiger partial charge >= 0.3 is 0 Å². The molecule has 0 aromatic heterocycles. The molecule has 0 aliphatic rings. The first kappa shape index (κ1) is 17.6. The van der Waals surface area contributed by atoms with E-state index in [0.717, 1.165) is 6.08 Å². The van der Waals surface area contributed by atoms with E-state index >= 15 is 0 Å². The number of nitrogens with one attached hydrogen (secondary N) is 2. The third-order valence-corrected chi connectivity index (χ3v) is 3.33. The van der Waals surface area contributed by atoms with Gasteiger partial charge in [-0.15, -0.1) is 0 Å². The van der Waals surface area contributed by atoms with Crippen molar-refractivity contribution in [2.24, 2.45) is 0 Å². The van der Waals surface area contributed by atoms with Crippen molar-refractivity contribution in [1.82, 2.24) is 10.9 Å². The van der Waals surface area contributed by atoms with E-state index in [1.54, 1.807) is 0 Å². The summed E-state index contributed by atoms with van der Waals surface area (Å²) in [5.41, 5.74) is 5.03. The topological polar surface area (TPSA) is 58.2 Å². The standard InChI is InChI=1S/C17H13ClF2N2O2/c18-14-2-1-3-15(20)13(14)8-9-16(23)21-22-17(24)10-11-4-6-12(19)7-5-11/h1-9H,10H2,(H,21,23)(H,22,24)/b9-8+. The highest BCUT2D eigenvalue weighted by molar-refractivity contribution is 6.32. The molecule has 0 aliphatic heterocycles. The van der Waals surface area contributed by atoms with Crippen LogP contribution in [0.2, 0.25) is 5.02 Å². The summed E-state index contributed by atoms with van der Waals surface area (Å²) in [5, 5.41) is 0.166. The Labute approximate surface area is 142 Å². The average molecular weight is 351 g/mol. The lowest BCUT2D eigenvalue weighted by Crippen LogP contribution is -2.41. The second kappa shape index (κ2) is 8.21. The number of hydrogen-bond acceptors (Lipinski definition) is 2. The van der Waals surface area contributed by atoms with Gasteiger partial charge in [0.15, 0.2) is 0 Å². The lowest BCUT2D eigenvalue weighted by Gasteiger charge is -2.05. The Morgan fingerprint density at radius 1 is 1.04 bits per heavy atom. The molecule has 2 rings (SSSR count). The fourth-order valence-corrected chi connectivity index (χ4v) is 2.06. The number of hydrogen-bond donors (Lipinski definition) is 2. The molecule has 7 heteroatoms. The van der Waals surface area contributed by atoms with Crippen molar-refractivity contribution >= 4 is 29.5 Å². The van der Waals surface area contributed by atoms with E-state index in [0.29, 0.717) is 5.56 Å². The Balaban J connectivity index is 1.85. The Bertz CT molecular complexity index is 756. The largest absolute Gasteiger partial charge is 0.273 e. The van der Waals surface area contributed by atoms with E-state index in [1.165, 1.54) is 48.5 Å². The number of hydrazine groups is 1. The van der Waals surface area contributed by atoms with Crippen molar-refractivity contribution < 1.29 is 18.4 Å². The molecule has 0 atom stereocenters. The van der Waals surface area contributed by atoms with Crippen LogP contribution in [-0.4, -0.2) is 11.8 Å². The zero-order valence-corrected chi connectivity index (χ0v) is 13.1. The summed E-state index contributed by atoms with van der Waals surface area (Å²) >= 11 is 5.82. The van der Waals surface area contributed by atoms with Crippen LogP contribution in [0.15, 0.2) is 48.5 Å². The second-order valence-corrected chi connectivity index (χ2v) is 5.22. The van der Waals surface area contributed by atoms with E-state index in [1.807, 2.05) is 0 Å². The zero-order valence-electron chi connectivity index (χ0n) is 12.4. The highest BCUT2D eigenvalue weighted by Crippen LogP contribution is 2.20. The predicted octanol–water partition coefficient (Wildman–Crippen LogP) is 3.02. The molecule has 124 valence electrons. The smallest absolute Gasteiger partial charge is 0.262 e. The van der Waals surface area contributed by atoms with Crippen molar-refractivity contribution in [3.63, 3.8) is 0 Å². The first-order valence-electron chi connectivity index (χ1n) is 6.91. The number of benzene rings is 2. The molecule has 0 bridgehead atoms. The summed E-state index contributed by atoms with van der Waals surface area (Å²) in [5.74, 6) is -2.09. The molecule has 0 saturated heterocycles. The van der Waals surface area contributed by atoms with Gasteiger partial charge in [-0.25, -0.2) is 8.78 Å². The van der Waals surface area contributed by atoms with Crippen LogP contribution < -0.4 is 10.9 Å². The maximum absolute atomic E-state index is 13.5. The lowest BCUT2D eigenvalue weighted by molar-refractivity contribution is -0.126. The predicted molar refractivity (Wildman–Crippen MR) is 86.8 cm³/mol. The summed E-state index contributed by atoms with van der Waals surface area (Å²) < 4.78 is 26.3. The van der Waals surface area contributed by atoms with Gasteiger partial charge in [0.2, 0.25) is 5.91 Å². The Hall–Kier alpha value is -2.73. The first-order chi connectivity index (χ1) is 11.5. The fraction of sp³-hybridized carbons (Fsp3) is 0.0588. The van der Waals surface area contributed by atoms with E-state index in [9.17, 15) is 18.4 Å². The van der Waals surface area contributed by atoms with Crippen LogP contribution in [-0.2, 0) is 16.0 Å². The third-order valence-electron chi connectivity index (χ3n) is 3.00. The molecular formula is C17H13ClF2N2O2. The highest BCUT2D eigenvalue weighted by Gasteiger charge is 2.06. The van der Waals surface area contributed by atoms with Crippen molar-refractivity contribution in [3.8, 4) is 0 Å². The quantitative estimate of drug-likeness (QED) is 0.658. The molecule has 0 heterocycles. The van der Waals surface area contributed by atoms with E-state index in [2.05, 4.69) is 10.9 Å². The average Bonchev–Trinajstić information content (AvgIpc) is 2.54. The number of halogens is 3. The SMILES string of the molecule is O=C(/C=C/c1c(F)cccc1Cl)NNC(=O)Cc1ccc(F)cc1. The van der Waals surface area contributed by atoms with Crippen LogP contribution in [0.4, 0.5) is 8.78 Å². The van der Waals surface area contributed by atoms with Gasteiger partial charge in [-0.05, 0) is 35.9 Å². The fourth-order valence-electron chi connectivity index (χ4n) is 1.83. The minimum atomic E-state index is -0.651. The van der Waals surface area contributed by atoms with Crippen LogP contribution in [0.3, 0.4) is 0 Å². The summed E-state index contributed by atoms with van der Waals surface area (Å²) in [4.78, 5) is 23.3. The molecular weight excluding hydrogens is 338 g/mol. The van der Waals surface area contributed by atoms with Gasteiger partial charge < -0.3 is 0 Å². The first-order valence-corrected chi connectivity index (χ1v) is 7.29. The summed E-state index contributed by atoms with van der Waals surface area (Å²) in [6.07, 6.45) is 2.23. The molecule has 0 radical (unpaired) electrons. The highest BCUT2D eigenvalue weighted by atomic mass is 35.5. The molecule has 0 spiro atoms.